The van der Waals surface area contributed by atoms with Crippen LogP contribution in [0.3, 0.4) is 0 Å². The minimum Gasteiger partial charge on any atom is -0.366 e. The topological polar surface area (TPSA) is 97.5 Å². The number of amides is 1. The number of benzene rings is 2. The van der Waals surface area contributed by atoms with Gasteiger partial charge in [-0.15, -0.1) is 11.3 Å². The molecule has 184 valence electrons. The second kappa shape index (κ2) is 10.1. The van der Waals surface area contributed by atoms with Crippen molar-refractivity contribution in [1.82, 2.24) is 4.31 Å². The summed E-state index contributed by atoms with van der Waals surface area (Å²) in [5.74, 6) is -3.27. The van der Waals surface area contributed by atoms with Crippen molar-refractivity contribution >= 4 is 44.7 Å². The summed E-state index contributed by atoms with van der Waals surface area (Å²) in [6, 6.07) is 10.9. The summed E-state index contributed by atoms with van der Waals surface area (Å²) in [5.41, 5.74) is 6.24. The molecule has 0 bridgehead atoms. The number of hydrogen-bond donors (Lipinski definition) is 1. The van der Waals surface area contributed by atoms with E-state index in [4.69, 9.17) is 17.3 Å². The summed E-state index contributed by atoms with van der Waals surface area (Å²) in [5, 5.41) is 0.301. The van der Waals surface area contributed by atoms with E-state index in [1.54, 1.807) is 24.3 Å². The van der Waals surface area contributed by atoms with E-state index in [9.17, 15) is 26.8 Å². The number of halogens is 3. The van der Waals surface area contributed by atoms with Gasteiger partial charge in [-0.25, -0.2) is 17.2 Å². The van der Waals surface area contributed by atoms with Crippen LogP contribution in [-0.2, 0) is 16.4 Å². The van der Waals surface area contributed by atoms with Gasteiger partial charge < -0.3 is 5.73 Å². The fourth-order valence-electron chi connectivity index (χ4n) is 4.05. The molecule has 3 aromatic rings. The fraction of sp³-hybridized carbons (Fsp3) is 0.250. The average molecular weight is 539 g/mol. The van der Waals surface area contributed by atoms with E-state index in [0.29, 0.717) is 28.0 Å². The summed E-state index contributed by atoms with van der Waals surface area (Å²) in [4.78, 5) is 24.7. The molecule has 2 aromatic carbocycles. The largest absolute Gasteiger partial charge is 0.366 e. The highest BCUT2D eigenvalue weighted by Gasteiger charge is 2.34. The highest BCUT2D eigenvalue weighted by Crippen LogP contribution is 2.35. The zero-order valence-corrected chi connectivity index (χ0v) is 20.7. The Kier molecular flexibility index (Phi) is 7.37. The van der Waals surface area contributed by atoms with Crippen molar-refractivity contribution in [2.75, 3.05) is 13.1 Å². The maximum absolute atomic E-state index is 14.0. The first-order chi connectivity index (χ1) is 16.6. The molecule has 0 atom stereocenters. The van der Waals surface area contributed by atoms with E-state index in [2.05, 4.69) is 0 Å². The van der Waals surface area contributed by atoms with Gasteiger partial charge in [-0.2, -0.15) is 4.31 Å². The lowest BCUT2D eigenvalue weighted by Crippen LogP contribution is -2.40. The summed E-state index contributed by atoms with van der Waals surface area (Å²) >= 11 is 7.38. The molecule has 4 rings (SSSR count). The molecule has 1 aromatic heterocycles. The van der Waals surface area contributed by atoms with Crippen LogP contribution in [-0.4, -0.2) is 37.5 Å². The molecule has 6 nitrogen and oxygen atoms in total. The predicted molar refractivity (Wildman–Crippen MR) is 129 cm³/mol. The molecule has 0 saturated carbocycles. The number of carbonyl (C=O) groups is 2. The van der Waals surface area contributed by atoms with Gasteiger partial charge in [0.2, 0.25) is 5.91 Å². The lowest BCUT2D eigenvalue weighted by Gasteiger charge is -2.30. The number of ketones is 1. The molecule has 1 fully saturated rings. The van der Waals surface area contributed by atoms with E-state index in [-0.39, 0.29) is 35.7 Å². The Morgan fingerprint density at radius 1 is 1.09 bits per heavy atom. The average Bonchev–Trinajstić information content (AvgIpc) is 3.20. The molecule has 1 amide bonds. The summed E-state index contributed by atoms with van der Waals surface area (Å²) in [7, 11) is -3.85. The molecule has 11 heteroatoms. The summed E-state index contributed by atoms with van der Waals surface area (Å²) in [6.45, 7) is 0.181. The number of thiophene rings is 1. The fourth-order valence-corrected chi connectivity index (χ4v) is 7.53. The maximum atomic E-state index is 14.0. The van der Waals surface area contributed by atoms with Crippen LogP contribution in [0.1, 0.15) is 44.0 Å². The van der Waals surface area contributed by atoms with E-state index in [1.165, 1.54) is 10.4 Å². The van der Waals surface area contributed by atoms with E-state index in [1.807, 2.05) is 0 Å². The summed E-state index contributed by atoms with van der Waals surface area (Å²) in [6.07, 6.45) is 0.779. The van der Waals surface area contributed by atoms with Crippen molar-refractivity contribution in [3.63, 3.8) is 0 Å². The first kappa shape index (κ1) is 25.4. The Morgan fingerprint density at radius 2 is 1.80 bits per heavy atom. The van der Waals surface area contributed by atoms with E-state index in [0.717, 1.165) is 29.0 Å². The number of Topliss-reactive ketones (excluding diaryl/α,β-unsaturated/α-hetero) is 1. The van der Waals surface area contributed by atoms with Gasteiger partial charge in [-0.05, 0) is 48.7 Å². The zero-order valence-electron chi connectivity index (χ0n) is 18.3. The molecule has 0 aliphatic carbocycles. The molecule has 2 N–H and O–H groups in total. The molecule has 1 saturated heterocycles. The Labute approximate surface area is 210 Å². The van der Waals surface area contributed by atoms with Crippen molar-refractivity contribution in [1.29, 1.82) is 0 Å². The third kappa shape index (κ3) is 5.45. The molecule has 2 heterocycles. The van der Waals surface area contributed by atoms with Crippen LogP contribution in [0.2, 0.25) is 5.02 Å². The summed E-state index contributed by atoms with van der Waals surface area (Å²) < 4.78 is 55.0. The van der Waals surface area contributed by atoms with Gasteiger partial charge in [0.25, 0.3) is 10.0 Å². The lowest BCUT2D eigenvalue weighted by molar-refractivity contribution is 0.0870. The number of sulfonamides is 1. The van der Waals surface area contributed by atoms with Crippen LogP contribution in [0.25, 0.3) is 0 Å². The van der Waals surface area contributed by atoms with E-state index < -0.39 is 39.3 Å². The van der Waals surface area contributed by atoms with Crippen molar-refractivity contribution in [2.24, 2.45) is 11.7 Å². The molecule has 1 aliphatic heterocycles. The van der Waals surface area contributed by atoms with Crippen molar-refractivity contribution in [2.45, 2.75) is 23.5 Å². The standard InChI is InChI=1S/C24H21ClF2N2O4S2/c25-19-13-22(34-21(19)11-14-2-1-3-16(10-14)24(28)31)35(32,33)29-8-6-15(7-9-29)23(30)18-5-4-17(26)12-20(18)27/h1-5,10,12-13,15H,6-9,11H2,(H2,28,31). The quantitative estimate of drug-likeness (QED) is 0.443. The molecular weight excluding hydrogens is 518 g/mol. The monoisotopic (exact) mass is 538 g/mol. The van der Waals surface area contributed by atoms with Crippen LogP contribution in [0.4, 0.5) is 8.78 Å². The van der Waals surface area contributed by atoms with E-state index >= 15 is 0 Å². The molecule has 0 spiro atoms. The number of carbonyl (C=O) groups excluding carboxylic acids is 2. The Balaban J connectivity index is 1.46. The van der Waals surface area contributed by atoms with Gasteiger partial charge in [0.1, 0.15) is 15.8 Å². The normalized spacial score (nSPS) is 15.3. The van der Waals surface area contributed by atoms with Gasteiger partial charge in [0.05, 0.1) is 10.6 Å². The van der Waals surface area contributed by atoms with Crippen molar-refractivity contribution < 1.29 is 26.8 Å². The number of nitrogens with two attached hydrogens (primary N) is 1. The van der Waals surface area contributed by atoms with Crippen LogP contribution >= 0.6 is 22.9 Å². The van der Waals surface area contributed by atoms with Crippen LogP contribution < -0.4 is 5.73 Å². The predicted octanol–water partition coefficient (Wildman–Crippen LogP) is 4.65. The van der Waals surface area contributed by atoms with Crippen LogP contribution in [0.5, 0.6) is 0 Å². The lowest BCUT2D eigenvalue weighted by atomic mass is 9.89. The van der Waals surface area contributed by atoms with Gasteiger partial charge in [0.15, 0.2) is 5.78 Å². The molecule has 0 unspecified atom stereocenters. The van der Waals surface area contributed by atoms with Gasteiger partial charge in [-0.3, -0.25) is 9.59 Å². The molecule has 0 radical (unpaired) electrons. The third-order valence-corrected chi connectivity index (χ3v) is 9.86. The first-order valence-corrected chi connectivity index (χ1v) is 13.4. The Morgan fingerprint density at radius 3 is 2.46 bits per heavy atom. The minimum absolute atomic E-state index is 0.0814. The van der Waals surface area contributed by atoms with Crippen LogP contribution in [0, 0.1) is 17.6 Å². The minimum atomic E-state index is -3.85. The second-order valence-electron chi connectivity index (χ2n) is 8.24. The molecular formula is C24H21ClF2N2O4S2. The second-order valence-corrected chi connectivity index (χ2v) is 12.0. The smallest absolute Gasteiger partial charge is 0.252 e. The zero-order chi connectivity index (χ0) is 25.3. The third-order valence-electron chi connectivity index (χ3n) is 5.93. The Bertz CT molecular complexity index is 1400. The van der Waals surface area contributed by atoms with Gasteiger partial charge >= 0.3 is 0 Å². The van der Waals surface area contributed by atoms with Gasteiger partial charge in [0, 0.05) is 41.9 Å². The first-order valence-electron chi connectivity index (χ1n) is 10.7. The number of primary amides is 1. The van der Waals surface area contributed by atoms with Gasteiger partial charge in [-0.1, -0.05) is 23.7 Å². The Hall–Kier alpha value is -2.66. The number of rotatable bonds is 7. The highest BCUT2D eigenvalue weighted by atomic mass is 35.5. The SMILES string of the molecule is NC(=O)c1cccc(Cc2sc(S(=O)(=O)N3CCC(C(=O)c4ccc(F)cc4F)CC3)cc2Cl)c1. The maximum Gasteiger partial charge on any atom is 0.252 e. The van der Waals surface area contributed by atoms with Crippen LogP contribution in [0.15, 0.2) is 52.7 Å². The molecule has 35 heavy (non-hydrogen) atoms. The number of nitrogens with zero attached hydrogens (tertiary/aromatic N) is 1. The van der Waals surface area contributed by atoms with Crippen molar-refractivity contribution in [3.8, 4) is 0 Å². The highest BCUT2D eigenvalue weighted by molar-refractivity contribution is 7.91. The molecule has 1 aliphatic rings. The number of hydrogen-bond acceptors (Lipinski definition) is 5. The van der Waals surface area contributed by atoms with Crippen molar-refractivity contribution in [3.05, 3.63) is 86.8 Å². The number of piperidine rings is 1.